The Morgan fingerprint density at radius 1 is 1.19 bits per heavy atom. The highest BCUT2D eigenvalue weighted by atomic mass is 35.5. The maximum Gasteiger partial charge on any atom is 0.258 e. The van der Waals surface area contributed by atoms with Crippen molar-refractivity contribution >= 4 is 38.4 Å². The van der Waals surface area contributed by atoms with Crippen molar-refractivity contribution in [3.63, 3.8) is 0 Å². The Bertz CT molecular complexity index is 1340. The number of sulfonamides is 1. The van der Waals surface area contributed by atoms with E-state index in [-0.39, 0.29) is 34.1 Å². The molecule has 2 aromatic carbocycles. The number of methoxy groups -OCH3 is 1. The minimum atomic E-state index is -3.84. The number of rotatable bonds is 7. The summed E-state index contributed by atoms with van der Waals surface area (Å²) in [4.78, 5) is 34.0. The average Bonchev–Trinajstić information content (AvgIpc) is 2.76. The molecule has 0 saturated carbocycles. The lowest BCUT2D eigenvalue weighted by Gasteiger charge is -2.21. The van der Waals surface area contributed by atoms with Crippen molar-refractivity contribution < 1.29 is 17.9 Å². The summed E-state index contributed by atoms with van der Waals surface area (Å²) in [6, 6.07) is 8.99. The first-order valence-corrected chi connectivity index (χ1v) is 11.5. The van der Waals surface area contributed by atoms with Gasteiger partial charge >= 0.3 is 0 Å². The van der Waals surface area contributed by atoms with Gasteiger partial charge in [-0.15, -0.1) is 0 Å². The normalized spacial score (nSPS) is 11.7. The molecular formula is C21H23ClN4O5S. The van der Waals surface area contributed by atoms with E-state index in [4.69, 9.17) is 16.3 Å². The molecule has 0 aliphatic carbocycles. The molecule has 3 rings (SSSR count). The van der Waals surface area contributed by atoms with Gasteiger partial charge in [0.2, 0.25) is 10.0 Å². The molecule has 1 aromatic heterocycles. The number of benzene rings is 2. The first-order chi connectivity index (χ1) is 15.1. The number of carbonyl (C=O) groups excluding carboxylic acids is 1. The van der Waals surface area contributed by atoms with E-state index in [1.165, 1.54) is 44.3 Å². The molecule has 1 amide bonds. The van der Waals surface area contributed by atoms with Gasteiger partial charge in [0.15, 0.2) is 0 Å². The topological polar surface area (TPSA) is 113 Å². The van der Waals surface area contributed by atoms with Crippen LogP contribution in [-0.2, 0) is 16.6 Å². The maximum atomic E-state index is 13.2. The SMILES string of the molecule is CCN(Cc1nc2cc(Cl)ccc2c(=O)[nH]1)C(=O)c1ccc(OC)c(S(=O)(=O)N(C)C)c1. The second-order valence-corrected chi connectivity index (χ2v) is 9.70. The van der Waals surface area contributed by atoms with Gasteiger partial charge < -0.3 is 14.6 Å². The standard InChI is InChI=1S/C21H23ClN4O5S/c1-5-26(12-19-23-16-11-14(22)7-8-15(16)20(27)24-19)21(28)13-6-9-17(31-4)18(10-13)32(29,30)25(2)3/h6-11H,5,12H2,1-4H3,(H,23,24,27). The van der Waals surface area contributed by atoms with Crippen molar-refractivity contribution in [3.8, 4) is 5.75 Å². The molecule has 0 bridgehead atoms. The Morgan fingerprint density at radius 3 is 2.53 bits per heavy atom. The molecule has 0 unspecified atom stereocenters. The number of nitrogens with zero attached hydrogens (tertiary/aromatic N) is 3. The van der Waals surface area contributed by atoms with Crippen LogP contribution in [0, 0.1) is 0 Å². The molecule has 0 fully saturated rings. The summed E-state index contributed by atoms with van der Waals surface area (Å²) < 4.78 is 31.6. The molecular weight excluding hydrogens is 456 g/mol. The summed E-state index contributed by atoms with van der Waals surface area (Å²) in [6.07, 6.45) is 0. The van der Waals surface area contributed by atoms with Gasteiger partial charge in [-0.2, -0.15) is 0 Å². The lowest BCUT2D eigenvalue weighted by Crippen LogP contribution is -2.32. The summed E-state index contributed by atoms with van der Waals surface area (Å²) in [5.41, 5.74) is 0.247. The number of nitrogens with one attached hydrogen (secondary N) is 1. The van der Waals surface area contributed by atoms with E-state index in [1.807, 2.05) is 0 Å². The molecule has 3 aromatic rings. The largest absolute Gasteiger partial charge is 0.495 e. The lowest BCUT2D eigenvalue weighted by atomic mass is 10.2. The molecule has 11 heteroatoms. The summed E-state index contributed by atoms with van der Waals surface area (Å²) in [5, 5.41) is 0.832. The van der Waals surface area contributed by atoms with Gasteiger partial charge in [-0.3, -0.25) is 9.59 Å². The van der Waals surface area contributed by atoms with E-state index in [9.17, 15) is 18.0 Å². The highest BCUT2D eigenvalue weighted by Gasteiger charge is 2.25. The Morgan fingerprint density at radius 2 is 1.91 bits per heavy atom. The van der Waals surface area contributed by atoms with Crippen LogP contribution in [0.25, 0.3) is 10.9 Å². The fourth-order valence-electron chi connectivity index (χ4n) is 3.13. The first kappa shape index (κ1) is 23.7. The lowest BCUT2D eigenvalue weighted by molar-refractivity contribution is 0.0748. The number of fused-ring (bicyclic) bond motifs is 1. The van der Waals surface area contributed by atoms with Crippen LogP contribution >= 0.6 is 11.6 Å². The number of amides is 1. The minimum absolute atomic E-state index is 0.0226. The van der Waals surface area contributed by atoms with Crippen LogP contribution in [0.15, 0.2) is 46.1 Å². The molecule has 170 valence electrons. The van der Waals surface area contributed by atoms with Gasteiger partial charge in [-0.05, 0) is 43.3 Å². The number of hydrogen-bond acceptors (Lipinski definition) is 6. The Hall–Kier alpha value is -2.95. The Labute approximate surface area is 190 Å². The van der Waals surface area contributed by atoms with Crippen LogP contribution in [-0.4, -0.2) is 61.2 Å². The van der Waals surface area contributed by atoms with Crippen LogP contribution in [0.2, 0.25) is 5.02 Å². The molecule has 0 radical (unpaired) electrons. The van der Waals surface area contributed by atoms with E-state index < -0.39 is 15.9 Å². The van der Waals surface area contributed by atoms with E-state index >= 15 is 0 Å². The van der Waals surface area contributed by atoms with Crippen molar-refractivity contribution in [3.05, 3.63) is 63.2 Å². The Kier molecular flexibility index (Phi) is 6.87. The van der Waals surface area contributed by atoms with Gasteiger partial charge in [-0.25, -0.2) is 17.7 Å². The monoisotopic (exact) mass is 478 g/mol. The molecule has 1 N–H and O–H groups in total. The van der Waals surface area contributed by atoms with E-state index in [0.29, 0.717) is 22.5 Å². The number of halogens is 1. The minimum Gasteiger partial charge on any atom is -0.495 e. The molecule has 32 heavy (non-hydrogen) atoms. The van der Waals surface area contributed by atoms with Gasteiger partial charge in [-0.1, -0.05) is 11.6 Å². The smallest absolute Gasteiger partial charge is 0.258 e. The van der Waals surface area contributed by atoms with Crippen molar-refractivity contribution in [2.75, 3.05) is 27.7 Å². The van der Waals surface area contributed by atoms with Gasteiger partial charge in [0.05, 0.1) is 24.6 Å². The molecule has 0 spiro atoms. The molecule has 9 nitrogen and oxygen atoms in total. The first-order valence-electron chi connectivity index (χ1n) is 9.66. The van der Waals surface area contributed by atoms with Crippen LogP contribution in [0.3, 0.4) is 0 Å². The summed E-state index contributed by atoms with van der Waals surface area (Å²) >= 11 is 6.01. The summed E-state index contributed by atoms with van der Waals surface area (Å²) in [7, 11) is 0.320. The highest BCUT2D eigenvalue weighted by molar-refractivity contribution is 7.89. The molecule has 0 aliphatic rings. The highest BCUT2D eigenvalue weighted by Crippen LogP contribution is 2.27. The van der Waals surface area contributed by atoms with Gasteiger partial charge in [0.1, 0.15) is 16.5 Å². The second kappa shape index (κ2) is 9.27. The number of hydrogen-bond donors (Lipinski definition) is 1. The zero-order valence-electron chi connectivity index (χ0n) is 18.0. The Balaban J connectivity index is 1.98. The van der Waals surface area contributed by atoms with Crippen LogP contribution < -0.4 is 10.3 Å². The van der Waals surface area contributed by atoms with E-state index in [0.717, 1.165) is 4.31 Å². The van der Waals surface area contributed by atoms with Crippen molar-refractivity contribution in [1.29, 1.82) is 0 Å². The predicted octanol–water partition coefficient (Wildman–Crippen LogP) is 2.50. The second-order valence-electron chi connectivity index (χ2n) is 7.15. The molecule has 1 heterocycles. The van der Waals surface area contributed by atoms with Crippen LogP contribution in [0.4, 0.5) is 0 Å². The van der Waals surface area contributed by atoms with Crippen LogP contribution in [0.1, 0.15) is 23.1 Å². The van der Waals surface area contributed by atoms with Crippen molar-refractivity contribution in [2.24, 2.45) is 0 Å². The van der Waals surface area contributed by atoms with Crippen molar-refractivity contribution in [1.82, 2.24) is 19.2 Å². The third-order valence-corrected chi connectivity index (χ3v) is 6.97. The summed E-state index contributed by atoms with van der Waals surface area (Å²) in [5.74, 6) is 0.00418. The zero-order valence-corrected chi connectivity index (χ0v) is 19.6. The maximum absolute atomic E-state index is 13.2. The number of carbonyl (C=O) groups is 1. The number of H-pyrrole nitrogens is 1. The van der Waals surface area contributed by atoms with Crippen LogP contribution in [0.5, 0.6) is 5.75 Å². The zero-order chi connectivity index (χ0) is 23.6. The molecule has 0 saturated heterocycles. The van der Waals surface area contributed by atoms with E-state index in [2.05, 4.69) is 9.97 Å². The third-order valence-electron chi connectivity index (χ3n) is 4.90. The average molecular weight is 479 g/mol. The summed E-state index contributed by atoms with van der Waals surface area (Å²) in [6.45, 7) is 2.10. The number of aromatic amines is 1. The number of aromatic nitrogens is 2. The fraction of sp³-hybridized carbons (Fsp3) is 0.286. The fourth-order valence-corrected chi connectivity index (χ4v) is 4.38. The van der Waals surface area contributed by atoms with Gasteiger partial charge in [0, 0.05) is 31.2 Å². The molecule has 0 atom stereocenters. The number of ether oxygens (including phenoxy) is 1. The van der Waals surface area contributed by atoms with Gasteiger partial charge in [0.25, 0.3) is 11.5 Å². The predicted molar refractivity (Wildman–Crippen MR) is 122 cm³/mol. The quantitative estimate of drug-likeness (QED) is 0.558. The van der Waals surface area contributed by atoms with E-state index in [1.54, 1.807) is 25.1 Å². The third kappa shape index (κ3) is 4.62. The molecule has 0 aliphatic heterocycles. The van der Waals surface area contributed by atoms with Crippen molar-refractivity contribution in [2.45, 2.75) is 18.4 Å².